The Morgan fingerprint density at radius 2 is 2.11 bits per heavy atom. The lowest BCUT2D eigenvalue weighted by Crippen LogP contribution is -2.59. The van der Waals surface area contributed by atoms with Crippen LogP contribution in [0, 0.1) is 5.82 Å². The fourth-order valence-electron chi connectivity index (χ4n) is 2.21. The molecule has 0 unspecified atom stereocenters. The Morgan fingerprint density at radius 1 is 1.42 bits per heavy atom. The van der Waals surface area contributed by atoms with Crippen molar-refractivity contribution in [2.24, 2.45) is 0 Å². The number of rotatable bonds is 2. The summed E-state index contributed by atoms with van der Waals surface area (Å²) in [5.74, 6) is -0.733. The first-order valence-electron chi connectivity index (χ1n) is 5.94. The maximum absolute atomic E-state index is 13.9. The Morgan fingerprint density at radius 3 is 2.68 bits per heavy atom. The lowest BCUT2D eigenvalue weighted by molar-refractivity contribution is 0.185. The molecule has 1 N–H and O–H groups in total. The second-order valence-electron chi connectivity index (χ2n) is 5.14. The van der Waals surface area contributed by atoms with Crippen LogP contribution in [-0.4, -0.2) is 37.9 Å². The molecule has 1 fully saturated rings. The first-order chi connectivity index (χ1) is 8.75. The molecule has 1 aromatic carbocycles. The van der Waals surface area contributed by atoms with Crippen LogP contribution in [-0.2, 0) is 10.0 Å². The van der Waals surface area contributed by atoms with Gasteiger partial charge in [0.05, 0.1) is 0 Å². The summed E-state index contributed by atoms with van der Waals surface area (Å²) in [7, 11) is -3.82. The Balaban J connectivity index is 2.47. The van der Waals surface area contributed by atoms with E-state index >= 15 is 0 Å². The third-order valence-corrected chi connectivity index (χ3v) is 5.82. The molecule has 0 saturated carbocycles. The molecular formula is C12H16BrFN2O2S. The molecule has 0 atom stereocenters. The second kappa shape index (κ2) is 5.12. The molecule has 1 heterocycles. The van der Waals surface area contributed by atoms with E-state index < -0.39 is 21.4 Å². The Labute approximate surface area is 121 Å². The summed E-state index contributed by atoms with van der Waals surface area (Å²) in [6, 6.07) is 4.00. The van der Waals surface area contributed by atoms with E-state index in [-0.39, 0.29) is 4.90 Å². The fourth-order valence-corrected chi connectivity index (χ4v) is 4.38. The van der Waals surface area contributed by atoms with Gasteiger partial charge < -0.3 is 5.32 Å². The van der Waals surface area contributed by atoms with Gasteiger partial charge in [0.2, 0.25) is 10.0 Å². The molecule has 1 saturated heterocycles. The number of sulfonamides is 1. The number of nitrogens with one attached hydrogen (secondary N) is 1. The van der Waals surface area contributed by atoms with Crippen LogP contribution >= 0.6 is 15.9 Å². The molecule has 0 bridgehead atoms. The van der Waals surface area contributed by atoms with Gasteiger partial charge in [-0.1, -0.05) is 15.9 Å². The van der Waals surface area contributed by atoms with E-state index in [1.165, 1.54) is 22.5 Å². The minimum Gasteiger partial charge on any atom is -0.314 e. The highest BCUT2D eigenvalue weighted by molar-refractivity contribution is 9.10. The maximum Gasteiger partial charge on any atom is 0.246 e. The monoisotopic (exact) mass is 350 g/mol. The number of halogens is 2. The SMILES string of the molecule is CC1(C)CNCCN1S(=O)(=O)c1ccc(Br)cc1F. The van der Waals surface area contributed by atoms with E-state index in [9.17, 15) is 12.8 Å². The van der Waals surface area contributed by atoms with Gasteiger partial charge in [-0.25, -0.2) is 12.8 Å². The van der Waals surface area contributed by atoms with Crippen molar-refractivity contribution in [1.29, 1.82) is 0 Å². The summed E-state index contributed by atoms with van der Waals surface area (Å²) >= 11 is 3.12. The van der Waals surface area contributed by atoms with Crippen molar-refractivity contribution in [1.82, 2.24) is 9.62 Å². The topological polar surface area (TPSA) is 49.4 Å². The van der Waals surface area contributed by atoms with Crippen molar-refractivity contribution in [2.75, 3.05) is 19.6 Å². The summed E-state index contributed by atoms with van der Waals surface area (Å²) in [6.07, 6.45) is 0. The van der Waals surface area contributed by atoms with Crippen molar-refractivity contribution in [2.45, 2.75) is 24.3 Å². The Bertz CT molecular complexity index is 589. The van der Waals surface area contributed by atoms with Crippen LogP contribution < -0.4 is 5.32 Å². The predicted octanol–water partition coefficient (Wildman–Crippen LogP) is 1.96. The maximum atomic E-state index is 13.9. The molecule has 106 valence electrons. The second-order valence-corrected chi connectivity index (χ2v) is 7.89. The number of benzene rings is 1. The van der Waals surface area contributed by atoms with Crippen molar-refractivity contribution >= 4 is 26.0 Å². The zero-order valence-corrected chi connectivity index (χ0v) is 13.2. The van der Waals surface area contributed by atoms with Crippen LogP contribution in [0.1, 0.15) is 13.8 Å². The molecule has 1 aliphatic rings. The third-order valence-electron chi connectivity index (χ3n) is 3.19. The first-order valence-corrected chi connectivity index (χ1v) is 8.17. The van der Waals surface area contributed by atoms with E-state index in [0.717, 1.165) is 0 Å². The van der Waals surface area contributed by atoms with E-state index in [2.05, 4.69) is 21.2 Å². The molecule has 0 spiro atoms. The van der Waals surface area contributed by atoms with E-state index in [0.29, 0.717) is 24.1 Å². The average Bonchev–Trinajstić information content (AvgIpc) is 2.27. The van der Waals surface area contributed by atoms with Gasteiger partial charge in [-0.15, -0.1) is 0 Å². The number of nitrogens with zero attached hydrogens (tertiary/aromatic N) is 1. The number of piperazine rings is 1. The average molecular weight is 351 g/mol. The van der Waals surface area contributed by atoms with Crippen molar-refractivity contribution < 1.29 is 12.8 Å². The molecule has 4 nitrogen and oxygen atoms in total. The van der Waals surface area contributed by atoms with Crippen molar-refractivity contribution in [3.63, 3.8) is 0 Å². The van der Waals surface area contributed by atoms with Crippen LogP contribution in [0.25, 0.3) is 0 Å². The van der Waals surface area contributed by atoms with Gasteiger partial charge in [-0.05, 0) is 32.0 Å². The minimum atomic E-state index is -3.82. The van der Waals surface area contributed by atoms with Crippen LogP contribution in [0.5, 0.6) is 0 Å². The fraction of sp³-hybridized carbons (Fsp3) is 0.500. The summed E-state index contributed by atoms with van der Waals surface area (Å²) in [6.45, 7) is 5.11. The first kappa shape index (κ1) is 14.9. The molecule has 1 aromatic rings. The molecule has 2 rings (SSSR count). The van der Waals surface area contributed by atoms with Crippen LogP contribution in [0.2, 0.25) is 0 Å². The molecule has 1 aliphatic heterocycles. The Kier molecular flexibility index (Phi) is 4.02. The molecule has 0 aliphatic carbocycles. The molecule has 0 amide bonds. The zero-order chi connectivity index (χ0) is 14.3. The largest absolute Gasteiger partial charge is 0.314 e. The zero-order valence-electron chi connectivity index (χ0n) is 10.8. The quantitative estimate of drug-likeness (QED) is 0.886. The summed E-state index contributed by atoms with van der Waals surface area (Å²) in [5.41, 5.74) is -0.573. The van der Waals surface area contributed by atoms with Gasteiger partial charge in [0.15, 0.2) is 0 Å². The van der Waals surface area contributed by atoms with Crippen molar-refractivity contribution in [3.05, 3.63) is 28.5 Å². The van der Waals surface area contributed by atoms with Crippen LogP contribution in [0.3, 0.4) is 0 Å². The summed E-state index contributed by atoms with van der Waals surface area (Å²) in [5, 5.41) is 3.14. The third kappa shape index (κ3) is 2.84. The number of hydrogen-bond donors (Lipinski definition) is 1. The highest BCUT2D eigenvalue weighted by Crippen LogP contribution is 2.28. The van der Waals surface area contributed by atoms with Gasteiger partial charge in [0, 0.05) is 29.6 Å². The molecular weight excluding hydrogens is 335 g/mol. The lowest BCUT2D eigenvalue weighted by atomic mass is 10.0. The van der Waals surface area contributed by atoms with Crippen LogP contribution in [0.4, 0.5) is 4.39 Å². The van der Waals surface area contributed by atoms with Gasteiger partial charge in [0.1, 0.15) is 10.7 Å². The summed E-state index contributed by atoms with van der Waals surface area (Å²) in [4.78, 5) is -0.273. The van der Waals surface area contributed by atoms with Gasteiger partial charge in [-0.3, -0.25) is 0 Å². The normalized spacial score (nSPS) is 20.4. The van der Waals surface area contributed by atoms with Crippen molar-refractivity contribution in [3.8, 4) is 0 Å². The number of hydrogen-bond acceptors (Lipinski definition) is 3. The highest BCUT2D eigenvalue weighted by atomic mass is 79.9. The molecule has 0 aromatic heterocycles. The highest BCUT2D eigenvalue weighted by Gasteiger charge is 2.40. The van der Waals surface area contributed by atoms with E-state index in [1.54, 1.807) is 0 Å². The van der Waals surface area contributed by atoms with Gasteiger partial charge >= 0.3 is 0 Å². The lowest BCUT2D eigenvalue weighted by Gasteiger charge is -2.41. The predicted molar refractivity (Wildman–Crippen MR) is 74.9 cm³/mol. The molecule has 19 heavy (non-hydrogen) atoms. The molecule has 0 radical (unpaired) electrons. The Hall–Kier alpha value is -0.500. The molecule has 7 heteroatoms. The van der Waals surface area contributed by atoms with E-state index in [1.807, 2.05) is 13.8 Å². The van der Waals surface area contributed by atoms with Gasteiger partial charge in [-0.2, -0.15) is 4.31 Å². The minimum absolute atomic E-state index is 0.273. The van der Waals surface area contributed by atoms with E-state index in [4.69, 9.17) is 0 Å². The smallest absolute Gasteiger partial charge is 0.246 e. The van der Waals surface area contributed by atoms with Crippen LogP contribution in [0.15, 0.2) is 27.6 Å². The standard InChI is InChI=1S/C12H16BrFN2O2S/c1-12(2)8-15-5-6-16(12)19(17,18)11-4-3-9(13)7-10(11)14/h3-4,7,15H,5-6,8H2,1-2H3. The van der Waals surface area contributed by atoms with Gasteiger partial charge in [0.25, 0.3) is 0 Å². The summed E-state index contributed by atoms with van der Waals surface area (Å²) < 4.78 is 40.9.